The van der Waals surface area contributed by atoms with Gasteiger partial charge in [-0.25, -0.2) is 4.98 Å². The molecule has 1 unspecified atom stereocenters. The van der Waals surface area contributed by atoms with Crippen LogP contribution in [-0.2, 0) is 16.1 Å². The topological polar surface area (TPSA) is 114 Å². The van der Waals surface area contributed by atoms with Crippen molar-refractivity contribution in [2.24, 2.45) is 0 Å². The predicted molar refractivity (Wildman–Crippen MR) is 119 cm³/mol. The SMILES string of the molecule is CCn1c(C)nc2cc(C(=O)NNC(=O)c3cccc(NC(=O)C4CCCO4)c3)ccc21. The molecule has 166 valence electrons. The molecule has 1 aliphatic heterocycles. The average Bonchev–Trinajstić information content (AvgIpc) is 3.44. The van der Waals surface area contributed by atoms with Crippen LogP contribution in [0.25, 0.3) is 11.0 Å². The maximum absolute atomic E-state index is 12.5. The minimum absolute atomic E-state index is 0.232. The second-order valence-electron chi connectivity index (χ2n) is 7.59. The zero-order valence-corrected chi connectivity index (χ0v) is 18.0. The highest BCUT2D eigenvalue weighted by atomic mass is 16.5. The highest BCUT2D eigenvalue weighted by molar-refractivity contribution is 6.01. The number of carbonyl (C=O) groups excluding carboxylic acids is 3. The third kappa shape index (κ3) is 4.47. The summed E-state index contributed by atoms with van der Waals surface area (Å²) in [5.74, 6) is -0.310. The van der Waals surface area contributed by atoms with Gasteiger partial charge >= 0.3 is 0 Å². The van der Waals surface area contributed by atoms with Crippen molar-refractivity contribution in [3.8, 4) is 0 Å². The van der Waals surface area contributed by atoms with E-state index in [1.165, 1.54) is 0 Å². The first-order valence-corrected chi connectivity index (χ1v) is 10.6. The number of nitrogens with zero attached hydrogens (tertiary/aromatic N) is 2. The molecule has 1 fully saturated rings. The van der Waals surface area contributed by atoms with Crippen molar-refractivity contribution >= 4 is 34.4 Å². The number of aryl methyl sites for hydroxylation is 2. The van der Waals surface area contributed by atoms with Gasteiger partial charge in [0.25, 0.3) is 17.7 Å². The number of rotatable bonds is 5. The average molecular weight is 435 g/mol. The summed E-state index contributed by atoms with van der Waals surface area (Å²) in [5.41, 5.74) is 7.66. The maximum Gasteiger partial charge on any atom is 0.269 e. The van der Waals surface area contributed by atoms with E-state index >= 15 is 0 Å². The number of benzene rings is 2. The third-order valence-electron chi connectivity index (χ3n) is 5.42. The molecule has 1 aromatic heterocycles. The second kappa shape index (κ2) is 9.19. The van der Waals surface area contributed by atoms with E-state index in [0.717, 1.165) is 29.8 Å². The lowest BCUT2D eigenvalue weighted by Gasteiger charge is -2.12. The summed E-state index contributed by atoms with van der Waals surface area (Å²) in [7, 11) is 0. The van der Waals surface area contributed by atoms with E-state index in [1.54, 1.807) is 36.4 Å². The van der Waals surface area contributed by atoms with Gasteiger partial charge in [0.15, 0.2) is 0 Å². The molecule has 32 heavy (non-hydrogen) atoms. The molecular weight excluding hydrogens is 410 g/mol. The Labute approximate surface area is 185 Å². The molecule has 2 aromatic carbocycles. The van der Waals surface area contributed by atoms with Crippen molar-refractivity contribution in [3.05, 3.63) is 59.4 Å². The van der Waals surface area contributed by atoms with Crippen LogP contribution >= 0.6 is 0 Å². The number of carbonyl (C=O) groups is 3. The molecule has 9 heteroatoms. The molecule has 4 rings (SSSR count). The first-order valence-electron chi connectivity index (χ1n) is 10.6. The van der Waals surface area contributed by atoms with Crippen LogP contribution in [0.5, 0.6) is 0 Å². The van der Waals surface area contributed by atoms with Gasteiger partial charge in [0, 0.05) is 30.0 Å². The number of aromatic nitrogens is 2. The highest BCUT2D eigenvalue weighted by Gasteiger charge is 2.23. The Balaban J connectivity index is 1.38. The number of hydrogen-bond acceptors (Lipinski definition) is 5. The fourth-order valence-electron chi connectivity index (χ4n) is 3.79. The zero-order valence-electron chi connectivity index (χ0n) is 18.0. The summed E-state index contributed by atoms with van der Waals surface area (Å²) in [4.78, 5) is 41.7. The van der Waals surface area contributed by atoms with Crippen LogP contribution in [0.15, 0.2) is 42.5 Å². The maximum atomic E-state index is 12.5. The van der Waals surface area contributed by atoms with Crippen LogP contribution in [-0.4, -0.2) is 40.0 Å². The zero-order chi connectivity index (χ0) is 22.7. The van der Waals surface area contributed by atoms with Gasteiger partial charge in [-0.3, -0.25) is 25.2 Å². The minimum atomic E-state index is -0.501. The number of fused-ring (bicyclic) bond motifs is 1. The van der Waals surface area contributed by atoms with Crippen molar-refractivity contribution in [2.75, 3.05) is 11.9 Å². The van der Waals surface area contributed by atoms with Crippen LogP contribution in [0.1, 0.15) is 46.3 Å². The molecule has 3 aromatic rings. The number of imidazole rings is 1. The molecule has 0 aliphatic carbocycles. The summed E-state index contributed by atoms with van der Waals surface area (Å²) in [6.07, 6.45) is 1.08. The van der Waals surface area contributed by atoms with Crippen molar-refractivity contribution in [3.63, 3.8) is 0 Å². The van der Waals surface area contributed by atoms with Crippen LogP contribution < -0.4 is 16.2 Å². The van der Waals surface area contributed by atoms with E-state index in [4.69, 9.17) is 4.74 Å². The number of hydrogen-bond donors (Lipinski definition) is 3. The van der Waals surface area contributed by atoms with Crippen molar-refractivity contribution in [1.82, 2.24) is 20.4 Å². The number of amides is 3. The standard InChI is InChI=1S/C23H25N5O4/c1-3-28-14(2)24-18-13-16(9-10-19(18)28)22(30)27-26-21(29)15-6-4-7-17(12-15)25-23(31)20-8-5-11-32-20/h4,6-7,9-10,12-13,20H,3,5,8,11H2,1-2H3,(H,25,31)(H,26,29)(H,27,30). The number of ether oxygens (including phenoxy) is 1. The Morgan fingerprint density at radius 2 is 1.84 bits per heavy atom. The Morgan fingerprint density at radius 1 is 1.09 bits per heavy atom. The molecule has 1 saturated heterocycles. The lowest BCUT2D eigenvalue weighted by Crippen LogP contribution is -2.41. The third-order valence-corrected chi connectivity index (χ3v) is 5.42. The van der Waals surface area contributed by atoms with E-state index in [1.807, 2.05) is 19.9 Å². The van der Waals surface area contributed by atoms with Gasteiger partial charge in [0.2, 0.25) is 0 Å². The normalized spacial score (nSPS) is 15.5. The lowest BCUT2D eigenvalue weighted by atomic mass is 10.1. The van der Waals surface area contributed by atoms with Crippen molar-refractivity contribution in [2.45, 2.75) is 39.3 Å². The Kier molecular flexibility index (Phi) is 6.18. The first kappa shape index (κ1) is 21.5. The molecule has 0 saturated carbocycles. The van der Waals surface area contributed by atoms with E-state index in [9.17, 15) is 14.4 Å². The van der Waals surface area contributed by atoms with Gasteiger partial charge in [-0.15, -0.1) is 0 Å². The molecule has 0 radical (unpaired) electrons. The number of anilines is 1. The summed E-state index contributed by atoms with van der Waals surface area (Å²) in [6.45, 7) is 5.32. The fourth-order valence-corrected chi connectivity index (χ4v) is 3.79. The fraction of sp³-hybridized carbons (Fsp3) is 0.304. The first-order chi connectivity index (χ1) is 15.5. The molecule has 3 N–H and O–H groups in total. The van der Waals surface area contributed by atoms with E-state index in [0.29, 0.717) is 29.8 Å². The Hall–Kier alpha value is -3.72. The molecular formula is C23H25N5O4. The number of hydrazine groups is 1. The molecule has 0 spiro atoms. The van der Waals surface area contributed by atoms with Gasteiger partial charge < -0.3 is 14.6 Å². The van der Waals surface area contributed by atoms with Gasteiger partial charge in [-0.1, -0.05) is 6.07 Å². The van der Waals surface area contributed by atoms with Gasteiger partial charge in [-0.2, -0.15) is 0 Å². The van der Waals surface area contributed by atoms with Crippen LogP contribution in [0.4, 0.5) is 5.69 Å². The molecule has 0 bridgehead atoms. The largest absolute Gasteiger partial charge is 0.368 e. The Morgan fingerprint density at radius 3 is 2.53 bits per heavy atom. The smallest absolute Gasteiger partial charge is 0.269 e. The van der Waals surface area contributed by atoms with E-state index in [2.05, 4.69) is 25.7 Å². The molecule has 2 heterocycles. The Bertz CT molecular complexity index is 1180. The van der Waals surface area contributed by atoms with Crippen LogP contribution in [0, 0.1) is 6.92 Å². The summed E-state index contributed by atoms with van der Waals surface area (Å²) < 4.78 is 7.43. The monoisotopic (exact) mass is 435 g/mol. The summed E-state index contributed by atoms with van der Waals surface area (Å²) >= 11 is 0. The molecule has 1 aliphatic rings. The van der Waals surface area contributed by atoms with E-state index < -0.39 is 17.9 Å². The summed E-state index contributed by atoms with van der Waals surface area (Å²) in [5, 5.41) is 2.76. The van der Waals surface area contributed by atoms with Crippen molar-refractivity contribution < 1.29 is 19.1 Å². The van der Waals surface area contributed by atoms with Gasteiger partial charge in [0.1, 0.15) is 11.9 Å². The van der Waals surface area contributed by atoms with Crippen LogP contribution in [0.2, 0.25) is 0 Å². The van der Waals surface area contributed by atoms with Crippen LogP contribution in [0.3, 0.4) is 0 Å². The quantitative estimate of drug-likeness (QED) is 0.533. The van der Waals surface area contributed by atoms with Gasteiger partial charge in [0.05, 0.1) is 11.0 Å². The highest BCUT2D eigenvalue weighted by Crippen LogP contribution is 2.18. The van der Waals surface area contributed by atoms with Crippen molar-refractivity contribution in [1.29, 1.82) is 0 Å². The molecule has 3 amide bonds. The lowest BCUT2D eigenvalue weighted by molar-refractivity contribution is -0.124. The summed E-state index contributed by atoms with van der Waals surface area (Å²) in [6, 6.07) is 11.7. The number of nitrogens with one attached hydrogen (secondary N) is 3. The molecule has 9 nitrogen and oxygen atoms in total. The predicted octanol–water partition coefficient (Wildman–Crippen LogP) is 2.56. The van der Waals surface area contributed by atoms with E-state index in [-0.39, 0.29) is 5.91 Å². The minimum Gasteiger partial charge on any atom is -0.368 e. The molecule has 1 atom stereocenters. The second-order valence-corrected chi connectivity index (χ2v) is 7.59. The van der Waals surface area contributed by atoms with Gasteiger partial charge in [-0.05, 0) is 63.1 Å².